The minimum atomic E-state index is -2.60. The van der Waals surface area contributed by atoms with E-state index >= 15 is 0 Å². The van der Waals surface area contributed by atoms with E-state index in [1.165, 1.54) is 0 Å². The van der Waals surface area contributed by atoms with Crippen molar-refractivity contribution in [2.24, 2.45) is 0 Å². The van der Waals surface area contributed by atoms with Gasteiger partial charge in [0.15, 0.2) is 10.7 Å². The minimum Gasteiger partial charge on any atom is -0.497 e. The number of hydrogen-bond donors (Lipinski definition) is 2. The molecule has 0 aromatic heterocycles. The van der Waals surface area contributed by atoms with Gasteiger partial charge in [-0.05, 0) is 65.9 Å². The number of carbonyl (C=O) groups is 1. The Labute approximate surface area is 190 Å². The molecule has 0 heterocycles. The first-order chi connectivity index (χ1) is 15.5. The van der Waals surface area contributed by atoms with Crippen LogP contribution >= 0.6 is 0 Å². The summed E-state index contributed by atoms with van der Waals surface area (Å²) in [7, 11) is -0.960. The van der Waals surface area contributed by atoms with Crippen molar-refractivity contribution in [3.05, 3.63) is 78.4 Å². The molecule has 1 amide bonds. The predicted octanol–water partition coefficient (Wildman–Crippen LogP) is 5.17. The monoisotopic (exact) mass is 449 g/mol. The molecule has 0 atom stereocenters. The van der Waals surface area contributed by atoms with Crippen molar-refractivity contribution in [3.8, 4) is 16.9 Å². The van der Waals surface area contributed by atoms with E-state index in [0.29, 0.717) is 0 Å². The van der Waals surface area contributed by atoms with Crippen molar-refractivity contribution in [2.75, 3.05) is 12.4 Å². The Hall–Kier alpha value is -3.12. The zero-order valence-electron chi connectivity index (χ0n) is 18.0. The molecule has 3 aromatic rings. The maximum absolute atomic E-state index is 13.6. The van der Waals surface area contributed by atoms with Crippen LogP contribution in [-0.4, -0.2) is 21.4 Å². The highest BCUT2D eigenvalue weighted by Crippen LogP contribution is 2.41. The Bertz CT molecular complexity index is 1150. The molecule has 0 bridgehead atoms. The normalized spacial score (nSPS) is 15.3. The lowest BCUT2D eigenvalue weighted by Crippen LogP contribution is -2.42. The first kappa shape index (κ1) is 22.1. The molecule has 1 N–H and O–H groups in total. The summed E-state index contributed by atoms with van der Waals surface area (Å²) in [4.78, 5) is 13.9. The summed E-state index contributed by atoms with van der Waals surface area (Å²) < 4.78 is 27.6. The van der Waals surface area contributed by atoms with Crippen LogP contribution < -0.4 is 10.1 Å². The summed E-state index contributed by atoms with van der Waals surface area (Å²) in [6.45, 7) is 0. The molecule has 5 nitrogen and oxygen atoms in total. The fourth-order valence-electron chi connectivity index (χ4n) is 4.52. The summed E-state index contributed by atoms with van der Waals surface area (Å²) in [6, 6.07) is 22.2. The molecule has 1 saturated carbocycles. The van der Waals surface area contributed by atoms with Crippen LogP contribution in [-0.2, 0) is 20.9 Å². The molecular weight excluding hydrogens is 422 g/mol. The van der Waals surface area contributed by atoms with E-state index in [2.05, 4.69) is 5.32 Å². The SMILES string of the molecule is COc1ccc(C2(C(=O)Nc3cccc(-c4ccc([SH](=O)=O)cc4)c3)CCCCC2)cc1. The van der Waals surface area contributed by atoms with Crippen molar-refractivity contribution in [3.63, 3.8) is 0 Å². The molecule has 4 rings (SSSR count). The number of methoxy groups -OCH3 is 1. The van der Waals surface area contributed by atoms with Crippen LogP contribution in [0.5, 0.6) is 5.75 Å². The van der Waals surface area contributed by atoms with Crippen molar-refractivity contribution in [1.29, 1.82) is 0 Å². The van der Waals surface area contributed by atoms with E-state index in [4.69, 9.17) is 4.74 Å². The number of ether oxygens (including phenoxy) is 1. The van der Waals surface area contributed by atoms with Gasteiger partial charge in [0.25, 0.3) is 0 Å². The van der Waals surface area contributed by atoms with Crippen LogP contribution in [0.15, 0.2) is 77.7 Å². The zero-order valence-corrected chi connectivity index (χ0v) is 18.9. The lowest BCUT2D eigenvalue weighted by molar-refractivity contribution is -0.122. The highest BCUT2D eigenvalue weighted by molar-refractivity contribution is 7.72. The molecule has 6 heteroatoms. The van der Waals surface area contributed by atoms with Crippen molar-refractivity contribution in [2.45, 2.75) is 42.4 Å². The van der Waals surface area contributed by atoms with Crippen molar-refractivity contribution in [1.82, 2.24) is 0 Å². The lowest BCUT2D eigenvalue weighted by atomic mass is 9.68. The van der Waals surface area contributed by atoms with Gasteiger partial charge in [-0.1, -0.05) is 55.7 Å². The fourth-order valence-corrected chi connectivity index (χ4v) is 4.91. The molecule has 32 heavy (non-hydrogen) atoms. The molecule has 1 fully saturated rings. The maximum atomic E-state index is 13.6. The van der Waals surface area contributed by atoms with E-state index in [1.54, 1.807) is 31.4 Å². The Morgan fingerprint density at radius 1 is 0.875 bits per heavy atom. The number of anilines is 1. The quantitative estimate of drug-likeness (QED) is 0.509. The molecule has 0 saturated heterocycles. The summed E-state index contributed by atoms with van der Waals surface area (Å²) in [5.41, 5.74) is 3.00. The summed E-state index contributed by atoms with van der Waals surface area (Å²) in [5.74, 6) is 0.790. The molecule has 0 aliphatic heterocycles. The maximum Gasteiger partial charge on any atom is 0.235 e. The van der Waals surface area contributed by atoms with Gasteiger partial charge < -0.3 is 10.1 Å². The van der Waals surface area contributed by atoms with Crippen LogP contribution in [0.4, 0.5) is 5.69 Å². The molecule has 166 valence electrons. The number of thiol groups is 1. The highest BCUT2D eigenvalue weighted by atomic mass is 32.2. The minimum absolute atomic E-state index is 0.0122. The van der Waals surface area contributed by atoms with Gasteiger partial charge in [-0.3, -0.25) is 4.79 Å². The number of hydrogen-bond acceptors (Lipinski definition) is 4. The number of benzene rings is 3. The number of carbonyl (C=O) groups excluding carboxylic acids is 1. The standard InChI is InChI=1S/C26H27NO4S/c1-31-23-12-10-21(11-13-23)26(16-3-2-4-17-26)25(28)27-22-7-5-6-20(18-22)19-8-14-24(15-9-19)32(29)30/h5-15,18,32H,2-4,16-17H2,1H3,(H,27,28). The van der Waals surface area contributed by atoms with Gasteiger partial charge in [-0.2, -0.15) is 0 Å². The molecule has 0 radical (unpaired) electrons. The molecule has 1 aliphatic rings. The molecule has 3 aromatic carbocycles. The third-order valence-corrected chi connectivity index (χ3v) is 7.04. The third-order valence-electron chi connectivity index (χ3n) is 6.32. The smallest absolute Gasteiger partial charge is 0.235 e. The van der Waals surface area contributed by atoms with Crippen molar-refractivity contribution < 1.29 is 17.9 Å². The Morgan fingerprint density at radius 2 is 1.56 bits per heavy atom. The number of nitrogens with one attached hydrogen (secondary N) is 1. The average molecular weight is 450 g/mol. The third kappa shape index (κ3) is 4.55. The van der Waals surface area contributed by atoms with Crippen LogP contribution in [0.2, 0.25) is 0 Å². The summed E-state index contributed by atoms with van der Waals surface area (Å²) in [6.07, 6.45) is 4.83. The molecule has 0 unspecified atom stereocenters. The first-order valence-electron chi connectivity index (χ1n) is 10.8. The zero-order chi connectivity index (χ0) is 22.6. The summed E-state index contributed by atoms with van der Waals surface area (Å²) >= 11 is 0. The van der Waals surface area contributed by atoms with Gasteiger partial charge in [0.1, 0.15) is 5.75 Å². The van der Waals surface area contributed by atoms with E-state index in [0.717, 1.165) is 60.2 Å². The van der Waals surface area contributed by atoms with E-state index in [1.807, 2.05) is 48.5 Å². The van der Waals surface area contributed by atoms with Crippen LogP contribution in [0, 0.1) is 0 Å². The van der Waals surface area contributed by atoms with E-state index in [9.17, 15) is 13.2 Å². The topological polar surface area (TPSA) is 72.5 Å². The second-order valence-corrected chi connectivity index (χ2v) is 9.24. The first-order valence-corrected chi connectivity index (χ1v) is 12.0. The molecule has 1 aliphatic carbocycles. The second-order valence-electron chi connectivity index (χ2n) is 8.21. The van der Waals surface area contributed by atoms with Crippen LogP contribution in [0.1, 0.15) is 37.7 Å². The van der Waals surface area contributed by atoms with E-state index < -0.39 is 16.1 Å². The van der Waals surface area contributed by atoms with Crippen molar-refractivity contribution >= 4 is 22.3 Å². The van der Waals surface area contributed by atoms with Gasteiger partial charge in [0, 0.05) is 5.69 Å². The predicted molar refractivity (Wildman–Crippen MR) is 127 cm³/mol. The van der Waals surface area contributed by atoms with Gasteiger partial charge in [-0.25, -0.2) is 8.42 Å². The Balaban J connectivity index is 1.60. The second kappa shape index (κ2) is 9.57. The van der Waals surface area contributed by atoms with Gasteiger partial charge in [-0.15, -0.1) is 0 Å². The molecular formula is C26H27NO4S. The number of amides is 1. The summed E-state index contributed by atoms with van der Waals surface area (Å²) in [5, 5.41) is 3.15. The Morgan fingerprint density at radius 3 is 2.19 bits per heavy atom. The van der Waals surface area contributed by atoms with Gasteiger partial charge in [0.05, 0.1) is 17.4 Å². The number of rotatable bonds is 6. The largest absolute Gasteiger partial charge is 0.497 e. The fraction of sp³-hybridized carbons (Fsp3) is 0.269. The lowest BCUT2D eigenvalue weighted by Gasteiger charge is -2.36. The molecule has 0 spiro atoms. The van der Waals surface area contributed by atoms with Crippen LogP contribution in [0.3, 0.4) is 0 Å². The average Bonchev–Trinajstić information content (AvgIpc) is 2.84. The highest BCUT2D eigenvalue weighted by Gasteiger charge is 2.41. The van der Waals surface area contributed by atoms with Crippen LogP contribution in [0.25, 0.3) is 11.1 Å². The van der Waals surface area contributed by atoms with Gasteiger partial charge in [0.2, 0.25) is 5.91 Å². The van der Waals surface area contributed by atoms with E-state index in [-0.39, 0.29) is 10.8 Å². The Kier molecular flexibility index (Phi) is 6.61. The van der Waals surface area contributed by atoms with Gasteiger partial charge >= 0.3 is 0 Å².